The second-order valence-corrected chi connectivity index (χ2v) is 4.63. The van der Waals surface area contributed by atoms with Crippen LogP contribution in [0.2, 0.25) is 0 Å². The van der Waals surface area contributed by atoms with E-state index in [9.17, 15) is 0 Å². The number of rotatable bonds is 1. The molecule has 0 atom stereocenters. The van der Waals surface area contributed by atoms with Crippen molar-refractivity contribution in [2.24, 2.45) is 0 Å². The fourth-order valence-electron chi connectivity index (χ4n) is 0.994. The number of hydrogen-bond donors (Lipinski definition) is 1. The zero-order valence-electron chi connectivity index (χ0n) is 7.36. The van der Waals surface area contributed by atoms with Crippen LogP contribution in [-0.4, -0.2) is 15.2 Å². The van der Waals surface area contributed by atoms with Crippen molar-refractivity contribution in [1.29, 1.82) is 0 Å². The van der Waals surface area contributed by atoms with Gasteiger partial charge in [0.2, 0.25) is 5.13 Å². The van der Waals surface area contributed by atoms with E-state index < -0.39 is 0 Å². The summed E-state index contributed by atoms with van der Waals surface area (Å²) in [7, 11) is 0. The second kappa shape index (κ2) is 3.62. The molecular weight excluding hydrogens is 264 g/mol. The zero-order chi connectivity index (χ0) is 10.1. The van der Waals surface area contributed by atoms with Crippen molar-refractivity contribution < 1.29 is 0 Å². The highest BCUT2D eigenvalue weighted by atomic mass is 79.9. The first-order valence-electron chi connectivity index (χ1n) is 3.88. The molecule has 0 saturated heterocycles. The molecule has 0 spiro atoms. The maximum Gasteiger partial charge on any atom is 0.203 e. The number of nitrogens with zero attached hydrogens (tertiary/aromatic N) is 3. The monoisotopic (exact) mass is 270 g/mol. The van der Waals surface area contributed by atoms with Crippen LogP contribution in [0.5, 0.6) is 0 Å². The number of hydrogen-bond acceptors (Lipinski definition) is 5. The molecule has 0 aliphatic rings. The summed E-state index contributed by atoms with van der Waals surface area (Å²) >= 11 is 4.72. The Morgan fingerprint density at radius 2 is 2.21 bits per heavy atom. The first-order valence-corrected chi connectivity index (χ1v) is 5.49. The van der Waals surface area contributed by atoms with E-state index in [0.717, 1.165) is 20.7 Å². The summed E-state index contributed by atoms with van der Waals surface area (Å²) in [5.41, 5.74) is 7.41. The Morgan fingerprint density at radius 3 is 2.79 bits per heavy atom. The van der Waals surface area contributed by atoms with E-state index >= 15 is 0 Å². The molecule has 72 valence electrons. The van der Waals surface area contributed by atoms with E-state index in [1.807, 2.05) is 13.0 Å². The molecular formula is C8H7BrN4S. The maximum absolute atomic E-state index is 5.49. The van der Waals surface area contributed by atoms with Crippen LogP contribution in [0.3, 0.4) is 0 Å². The van der Waals surface area contributed by atoms with Gasteiger partial charge >= 0.3 is 0 Å². The lowest BCUT2D eigenvalue weighted by molar-refractivity contribution is 1.09. The number of nitrogens with two attached hydrogens (primary N) is 1. The Labute approximate surface area is 93.3 Å². The summed E-state index contributed by atoms with van der Waals surface area (Å²) in [6, 6.07) is 1.95. The van der Waals surface area contributed by atoms with Crippen LogP contribution >= 0.6 is 27.3 Å². The molecule has 0 radical (unpaired) electrons. The minimum atomic E-state index is 0.461. The summed E-state index contributed by atoms with van der Waals surface area (Å²) in [5.74, 6) is 0. The third kappa shape index (κ3) is 1.76. The summed E-state index contributed by atoms with van der Waals surface area (Å²) in [4.78, 5) is 4.23. The molecule has 0 aliphatic heterocycles. The van der Waals surface area contributed by atoms with Crippen molar-refractivity contribution in [2.45, 2.75) is 6.92 Å². The average Bonchev–Trinajstić information content (AvgIpc) is 2.57. The predicted octanol–water partition coefficient (Wildman–Crippen LogP) is 2.25. The van der Waals surface area contributed by atoms with Crippen molar-refractivity contribution in [3.8, 4) is 10.7 Å². The number of halogens is 1. The van der Waals surface area contributed by atoms with Gasteiger partial charge in [-0.15, -0.1) is 10.2 Å². The number of aryl methyl sites for hydroxylation is 1. The van der Waals surface area contributed by atoms with Gasteiger partial charge in [0.15, 0.2) is 5.01 Å². The van der Waals surface area contributed by atoms with Gasteiger partial charge in [-0.05, 0) is 34.5 Å². The number of anilines is 1. The van der Waals surface area contributed by atoms with E-state index in [1.165, 1.54) is 11.3 Å². The Hall–Kier alpha value is -1.01. The Kier molecular flexibility index (Phi) is 2.47. The van der Waals surface area contributed by atoms with Crippen molar-refractivity contribution in [3.05, 3.63) is 22.3 Å². The van der Waals surface area contributed by atoms with Crippen LogP contribution in [-0.2, 0) is 0 Å². The third-order valence-electron chi connectivity index (χ3n) is 1.71. The molecule has 0 unspecified atom stereocenters. The lowest BCUT2D eigenvalue weighted by atomic mass is 10.2. The average molecular weight is 271 g/mol. The highest BCUT2D eigenvalue weighted by molar-refractivity contribution is 9.10. The van der Waals surface area contributed by atoms with Gasteiger partial charge in [-0.1, -0.05) is 11.3 Å². The van der Waals surface area contributed by atoms with E-state index in [4.69, 9.17) is 5.73 Å². The van der Waals surface area contributed by atoms with Crippen LogP contribution in [0.1, 0.15) is 5.56 Å². The molecule has 0 bridgehead atoms. The summed E-state index contributed by atoms with van der Waals surface area (Å²) in [5, 5.41) is 8.87. The highest BCUT2D eigenvalue weighted by Gasteiger charge is 2.06. The van der Waals surface area contributed by atoms with E-state index in [-0.39, 0.29) is 0 Å². The third-order valence-corrected chi connectivity index (χ3v) is 3.31. The summed E-state index contributed by atoms with van der Waals surface area (Å²) < 4.78 is 0.985. The lowest BCUT2D eigenvalue weighted by Crippen LogP contribution is -1.85. The topological polar surface area (TPSA) is 64.7 Å². The minimum Gasteiger partial charge on any atom is -0.374 e. The van der Waals surface area contributed by atoms with Crippen LogP contribution in [0.15, 0.2) is 16.7 Å². The zero-order valence-corrected chi connectivity index (χ0v) is 9.76. The summed E-state index contributed by atoms with van der Waals surface area (Å²) in [6.07, 6.45) is 1.75. The van der Waals surface area contributed by atoms with Crippen molar-refractivity contribution in [3.63, 3.8) is 0 Å². The quantitative estimate of drug-likeness (QED) is 0.864. The molecule has 2 N–H and O–H groups in total. The van der Waals surface area contributed by atoms with Gasteiger partial charge in [0, 0.05) is 10.7 Å². The molecule has 0 amide bonds. The van der Waals surface area contributed by atoms with Crippen molar-refractivity contribution in [2.75, 3.05) is 5.73 Å². The normalized spacial score (nSPS) is 10.4. The van der Waals surface area contributed by atoms with Crippen LogP contribution in [0, 0.1) is 6.92 Å². The Balaban J connectivity index is 2.47. The molecule has 2 heterocycles. The highest BCUT2D eigenvalue weighted by Crippen LogP contribution is 2.25. The molecule has 14 heavy (non-hydrogen) atoms. The van der Waals surface area contributed by atoms with Crippen molar-refractivity contribution >= 4 is 32.4 Å². The van der Waals surface area contributed by atoms with Gasteiger partial charge in [-0.25, -0.2) is 0 Å². The first-order chi connectivity index (χ1) is 6.66. The standard InChI is InChI=1S/C8H7BrN4S/c1-4-2-6(11-3-5(4)9)7-12-13-8(10)14-7/h2-3H,1H3,(H2,10,13). The molecule has 2 rings (SSSR count). The number of aromatic nitrogens is 3. The van der Waals surface area contributed by atoms with E-state index in [1.54, 1.807) is 6.20 Å². The molecule has 2 aromatic heterocycles. The molecule has 2 aromatic rings. The fraction of sp³-hybridized carbons (Fsp3) is 0.125. The van der Waals surface area contributed by atoms with Gasteiger partial charge in [-0.2, -0.15) is 0 Å². The van der Waals surface area contributed by atoms with Crippen LogP contribution in [0.4, 0.5) is 5.13 Å². The second-order valence-electron chi connectivity index (χ2n) is 2.76. The molecule has 0 aromatic carbocycles. The molecule has 6 heteroatoms. The minimum absolute atomic E-state index is 0.461. The van der Waals surface area contributed by atoms with Gasteiger partial charge in [0.25, 0.3) is 0 Å². The van der Waals surface area contributed by atoms with Crippen LogP contribution in [0.25, 0.3) is 10.7 Å². The van der Waals surface area contributed by atoms with Gasteiger partial charge < -0.3 is 5.73 Å². The smallest absolute Gasteiger partial charge is 0.203 e. The van der Waals surface area contributed by atoms with Gasteiger partial charge in [-0.3, -0.25) is 4.98 Å². The van der Waals surface area contributed by atoms with Crippen LogP contribution < -0.4 is 5.73 Å². The predicted molar refractivity (Wildman–Crippen MR) is 60.0 cm³/mol. The Bertz CT molecular complexity index is 468. The Morgan fingerprint density at radius 1 is 1.43 bits per heavy atom. The molecule has 0 fully saturated rings. The number of nitrogen functional groups attached to an aromatic ring is 1. The molecule has 0 aliphatic carbocycles. The van der Waals surface area contributed by atoms with E-state index in [0.29, 0.717) is 5.13 Å². The summed E-state index contributed by atoms with van der Waals surface area (Å²) in [6.45, 7) is 2.00. The SMILES string of the molecule is Cc1cc(-c2nnc(N)s2)ncc1Br. The lowest BCUT2D eigenvalue weighted by Gasteiger charge is -1.98. The van der Waals surface area contributed by atoms with E-state index in [2.05, 4.69) is 31.1 Å². The van der Waals surface area contributed by atoms with Crippen molar-refractivity contribution in [1.82, 2.24) is 15.2 Å². The first kappa shape index (κ1) is 9.54. The molecule has 0 saturated carbocycles. The fourth-order valence-corrected chi connectivity index (χ4v) is 1.79. The maximum atomic E-state index is 5.49. The molecule has 4 nitrogen and oxygen atoms in total. The largest absolute Gasteiger partial charge is 0.374 e. The van der Waals surface area contributed by atoms with Gasteiger partial charge in [0.1, 0.15) is 5.69 Å². The van der Waals surface area contributed by atoms with Gasteiger partial charge in [0.05, 0.1) is 0 Å². The number of pyridine rings is 1.